The predicted octanol–water partition coefficient (Wildman–Crippen LogP) is 3.54. The van der Waals surface area contributed by atoms with Gasteiger partial charge < -0.3 is 10.1 Å². The van der Waals surface area contributed by atoms with E-state index in [1.54, 1.807) is 18.2 Å². The van der Waals surface area contributed by atoms with Gasteiger partial charge in [-0.25, -0.2) is 8.78 Å². The minimum Gasteiger partial charge on any atom is -0.494 e. The molecule has 0 fully saturated rings. The number of nitrogens with one attached hydrogen (secondary N) is 1. The van der Waals surface area contributed by atoms with Gasteiger partial charge in [0.05, 0.1) is 12.8 Å². The number of amides is 1. The Labute approximate surface area is 121 Å². The van der Waals surface area contributed by atoms with E-state index in [1.165, 1.54) is 31.4 Å². The molecule has 21 heavy (non-hydrogen) atoms. The third-order valence-electron chi connectivity index (χ3n) is 3.00. The second kappa shape index (κ2) is 6.83. The maximum Gasteiger partial charge on any atom is 0.224 e. The predicted molar refractivity (Wildman–Crippen MR) is 76.3 cm³/mol. The first-order chi connectivity index (χ1) is 10.1. The molecule has 110 valence electrons. The normalized spacial score (nSPS) is 10.2. The number of hydrogen-bond donors (Lipinski definition) is 1. The van der Waals surface area contributed by atoms with Gasteiger partial charge in [0.15, 0.2) is 11.6 Å². The van der Waals surface area contributed by atoms with Gasteiger partial charge in [-0.2, -0.15) is 0 Å². The van der Waals surface area contributed by atoms with Crippen LogP contribution < -0.4 is 10.1 Å². The van der Waals surface area contributed by atoms with Crippen LogP contribution in [0.1, 0.15) is 12.0 Å². The Kier molecular flexibility index (Phi) is 4.87. The molecule has 0 spiro atoms. The lowest BCUT2D eigenvalue weighted by molar-refractivity contribution is -0.116. The molecule has 0 saturated carbocycles. The summed E-state index contributed by atoms with van der Waals surface area (Å²) in [6.45, 7) is 0. The van der Waals surface area contributed by atoms with Crippen molar-refractivity contribution in [3.05, 3.63) is 59.7 Å². The van der Waals surface area contributed by atoms with E-state index in [2.05, 4.69) is 5.32 Å². The molecule has 0 saturated heterocycles. The molecule has 0 aliphatic heterocycles. The summed E-state index contributed by atoms with van der Waals surface area (Å²) in [4.78, 5) is 11.7. The molecule has 3 nitrogen and oxygen atoms in total. The maximum atomic E-state index is 13.5. The Hall–Kier alpha value is -2.43. The molecule has 1 N–H and O–H groups in total. The zero-order valence-corrected chi connectivity index (χ0v) is 11.5. The minimum absolute atomic E-state index is 0.139. The number of anilines is 1. The van der Waals surface area contributed by atoms with Gasteiger partial charge in [0, 0.05) is 6.42 Å². The quantitative estimate of drug-likeness (QED) is 0.915. The van der Waals surface area contributed by atoms with Crippen LogP contribution in [-0.2, 0) is 11.2 Å². The molecule has 2 aromatic rings. The van der Waals surface area contributed by atoms with Crippen molar-refractivity contribution in [3.8, 4) is 5.75 Å². The Balaban J connectivity index is 1.92. The summed E-state index contributed by atoms with van der Waals surface area (Å²) in [5.74, 6) is -1.11. The first kappa shape index (κ1) is 15.0. The molecule has 1 amide bonds. The van der Waals surface area contributed by atoms with Gasteiger partial charge in [-0.05, 0) is 36.2 Å². The number of halogens is 2. The van der Waals surface area contributed by atoms with Crippen LogP contribution in [0.5, 0.6) is 5.75 Å². The molecule has 0 unspecified atom stereocenters. The molecule has 2 rings (SSSR count). The third kappa shape index (κ3) is 4.02. The summed E-state index contributed by atoms with van der Waals surface area (Å²) >= 11 is 0. The molecule has 0 bridgehead atoms. The number of hydrogen-bond acceptors (Lipinski definition) is 2. The molecule has 0 heterocycles. The van der Waals surface area contributed by atoms with Crippen molar-refractivity contribution in [2.75, 3.05) is 12.4 Å². The Bertz CT molecular complexity index is 644. The van der Waals surface area contributed by atoms with Crippen molar-refractivity contribution in [2.45, 2.75) is 12.8 Å². The molecule has 0 atom stereocenters. The van der Waals surface area contributed by atoms with Gasteiger partial charge in [0.25, 0.3) is 0 Å². The number of benzene rings is 2. The van der Waals surface area contributed by atoms with E-state index in [4.69, 9.17) is 4.74 Å². The molecular formula is C16H15F2NO2. The van der Waals surface area contributed by atoms with E-state index in [-0.39, 0.29) is 23.8 Å². The summed E-state index contributed by atoms with van der Waals surface area (Å²) < 4.78 is 31.7. The third-order valence-corrected chi connectivity index (χ3v) is 3.00. The van der Waals surface area contributed by atoms with Crippen molar-refractivity contribution in [3.63, 3.8) is 0 Å². The van der Waals surface area contributed by atoms with E-state index in [0.29, 0.717) is 12.0 Å². The number of methoxy groups -OCH3 is 1. The van der Waals surface area contributed by atoms with E-state index in [1.807, 2.05) is 0 Å². The number of ether oxygens (including phenoxy) is 1. The largest absolute Gasteiger partial charge is 0.494 e. The Morgan fingerprint density at radius 2 is 1.90 bits per heavy atom. The highest BCUT2D eigenvalue weighted by Gasteiger charge is 2.08. The van der Waals surface area contributed by atoms with Crippen LogP contribution in [0.15, 0.2) is 42.5 Å². The van der Waals surface area contributed by atoms with Crippen LogP contribution >= 0.6 is 0 Å². The maximum absolute atomic E-state index is 13.5. The molecule has 0 aliphatic rings. The lowest BCUT2D eigenvalue weighted by Gasteiger charge is -2.07. The summed E-state index contributed by atoms with van der Waals surface area (Å²) in [5.41, 5.74) is 0.820. The average molecular weight is 291 g/mol. The van der Waals surface area contributed by atoms with Crippen LogP contribution in [0.3, 0.4) is 0 Å². The minimum atomic E-state index is -0.485. The summed E-state index contributed by atoms with van der Waals surface area (Å²) in [6, 6.07) is 10.5. The second-order valence-corrected chi connectivity index (χ2v) is 4.50. The molecule has 5 heteroatoms. The molecule has 2 aromatic carbocycles. The van der Waals surface area contributed by atoms with Gasteiger partial charge in [0.1, 0.15) is 5.82 Å². The lowest BCUT2D eigenvalue weighted by atomic mass is 10.1. The Morgan fingerprint density at radius 3 is 2.57 bits per heavy atom. The molecule has 0 radical (unpaired) electrons. The topological polar surface area (TPSA) is 38.3 Å². The first-order valence-corrected chi connectivity index (χ1v) is 6.47. The van der Waals surface area contributed by atoms with Crippen molar-refractivity contribution in [2.24, 2.45) is 0 Å². The van der Waals surface area contributed by atoms with Gasteiger partial charge in [-0.1, -0.05) is 18.2 Å². The fraction of sp³-hybridized carbons (Fsp3) is 0.188. The number of aryl methyl sites for hydroxylation is 1. The van der Waals surface area contributed by atoms with Crippen LogP contribution in [-0.4, -0.2) is 13.0 Å². The Morgan fingerprint density at radius 1 is 1.14 bits per heavy atom. The highest BCUT2D eigenvalue weighted by atomic mass is 19.1. The van der Waals surface area contributed by atoms with Gasteiger partial charge >= 0.3 is 0 Å². The number of rotatable bonds is 5. The molecule has 0 aromatic heterocycles. The second-order valence-electron chi connectivity index (χ2n) is 4.50. The highest BCUT2D eigenvalue weighted by Crippen LogP contribution is 2.19. The highest BCUT2D eigenvalue weighted by molar-refractivity contribution is 5.90. The van der Waals surface area contributed by atoms with Crippen molar-refractivity contribution >= 4 is 11.6 Å². The standard InChI is InChI=1S/C16H15F2NO2/c1-21-15-8-6-11(10-13(15)18)7-9-16(20)19-14-5-3-2-4-12(14)17/h2-6,8,10H,7,9H2,1H3,(H,19,20). The van der Waals surface area contributed by atoms with E-state index in [9.17, 15) is 13.6 Å². The van der Waals surface area contributed by atoms with Crippen molar-refractivity contribution in [1.82, 2.24) is 0 Å². The number of carbonyl (C=O) groups is 1. The summed E-state index contributed by atoms with van der Waals surface area (Å²) in [6.07, 6.45) is 0.501. The lowest BCUT2D eigenvalue weighted by Crippen LogP contribution is -2.13. The zero-order chi connectivity index (χ0) is 15.2. The summed E-state index contributed by atoms with van der Waals surface area (Å²) in [5, 5.41) is 2.49. The SMILES string of the molecule is COc1ccc(CCC(=O)Nc2ccccc2F)cc1F. The smallest absolute Gasteiger partial charge is 0.224 e. The average Bonchev–Trinajstić information content (AvgIpc) is 2.48. The fourth-order valence-electron chi connectivity index (χ4n) is 1.90. The fourth-order valence-corrected chi connectivity index (χ4v) is 1.90. The van der Waals surface area contributed by atoms with Crippen LogP contribution in [0.2, 0.25) is 0 Å². The summed E-state index contributed by atoms with van der Waals surface area (Å²) in [7, 11) is 1.39. The number of carbonyl (C=O) groups excluding carboxylic acids is 1. The van der Waals surface area contributed by atoms with Crippen LogP contribution in [0.4, 0.5) is 14.5 Å². The van der Waals surface area contributed by atoms with Crippen molar-refractivity contribution in [1.29, 1.82) is 0 Å². The van der Waals surface area contributed by atoms with Gasteiger partial charge in [-0.3, -0.25) is 4.79 Å². The first-order valence-electron chi connectivity index (χ1n) is 6.47. The van der Waals surface area contributed by atoms with E-state index < -0.39 is 11.6 Å². The van der Waals surface area contributed by atoms with E-state index >= 15 is 0 Å². The van der Waals surface area contributed by atoms with Crippen LogP contribution in [0, 0.1) is 11.6 Å². The molecular weight excluding hydrogens is 276 g/mol. The van der Waals surface area contributed by atoms with Gasteiger partial charge in [-0.15, -0.1) is 0 Å². The van der Waals surface area contributed by atoms with E-state index in [0.717, 1.165) is 0 Å². The number of para-hydroxylation sites is 1. The monoisotopic (exact) mass is 291 g/mol. The zero-order valence-electron chi connectivity index (χ0n) is 11.5. The molecule has 0 aliphatic carbocycles. The van der Waals surface area contributed by atoms with Crippen LogP contribution in [0.25, 0.3) is 0 Å². The van der Waals surface area contributed by atoms with Crippen molar-refractivity contribution < 1.29 is 18.3 Å². The van der Waals surface area contributed by atoms with Gasteiger partial charge in [0.2, 0.25) is 5.91 Å².